The van der Waals surface area contributed by atoms with Gasteiger partial charge in [0.2, 0.25) is 0 Å². The minimum absolute atomic E-state index is 0.0955. The molecule has 3 rings (SSSR count). The molecule has 1 aliphatic rings. The highest BCUT2D eigenvalue weighted by molar-refractivity contribution is 7.20. The number of benzene rings is 1. The van der Waals surface area contributed by atoms with Gasteiger partial charge in [-0.1, -0.05) is 31.0 Å². The van der Waals surface area contributed by atoms with E-state index in [2.05, 4.69) is 17.4 Å². The van der Waals surface area contributed by atoms with E-state index in [9.17, 15) is 4.79 Å². The summed E-state index contributed by atoms with van der Waals surface area (Å²) in [7, 11) is 0. The molecule has 88 valence electrons. The molecule has 2 aromatic rings. The molecular weight excluding hydrogens is 230 g/mol. The highest BCUT2D eigenvalue weighted by Crippen LogP contribution is 2.26. The summed E-state index contributed by atoms with van der Waals surface area (Å²) in [6.45, 7) is 0. The smallest absolute Gasteiger partial charge is 0.261 e. The molecule has 1 fully saturated rings. The van der Waals surface area contributed by atoms with E-state index in [0.29, 0.717) is 6.04 Å². The van der Waals surface area contributed by atoms with E-state index in [-0.39, 0.29) is 5.91 Å². The lowest BCUT2D eigenvalue weighted by Gasteiger charge is -2.10. The fourth-order valence-corrected chi connectivity index (χ4v) is 3.39. The van der Waals surface area contributed by atoms with Crippen LogP contribution in [-0.4, -0.2) is 11.9 Å². The first-order valence-corrected chi connectivity index (χ1v) is 6.94. The highest BCUT2D eigenvalue weighted by atomic mass is 32.1. The van der Waals surface area contributed by atoms with Gasteiger partial charge in [-0.3, -0.25) is 4.79 Å². The maximum absolute atomic E-state index is 12.1. The van der Waals surface area contributed by atoms with Crippen molar-refractivity contribution >= 4 is 27.3 Å². The number of rotatable bonds is 2. The summed E-state index contributed by atoms with van der Waals surface area (Å²) in [6.07, 6.45) is 4.77. The van der Waals surface area contributed by atoms with Gasteiger partial charge in [-0.15, -0.1) is 11.3 Å². The third-order valence-corrected chi connectivity index (χ3v) is 4.45. The first-order chi connectivity index (χ1) is 8.33. The topological polar surface area (TPSA) is 29.1 Å². The van der Waals surface area contributed by atoms with Gasteiger partial charge in [0.15, 0.2) is 0 Å². The van der Waals surface area contributed by atoms with Crippen molar-refractivity contribution in [3.8, 4) is 0 Å². The molecule has 1 aromatic carbocycles. The largest absolute Gasteiger partial charge is 0.349 e. The molecule has 0 spiro atoms. The zero-order valence-electron chi connectivity index (χ0n) is 9.61. The number of amides is 1. The van der Waals surface area contributed by atoms with Crippen molar-refractivity contribution in [3.63, 3.8) is 0 Å². The molecule has 3 heteroatoms. The van der Waals surface area contributed by atoms with Crippen LogP contribution in [0.25, 0.3) is 10.1 Å². The Hall–Kier alpha value is -1.35. The SMILES string of the molecule is O=C(NC1CCCC1)c1cc2ccccc2s1. The number of fused-ring (bicyclic) bond motifs is 1. The Bertz CT molecular complexity index is 507. The molecule has 1 saturated carbocycles. The molecule has 1 amide bonds. The van der Waals surface area contributed by atoms with Crippen molar-refractivity contribution in [2.45, 2.75) is 31.7 Å². The minimum atomic E-state index is 0.0955. The first-order valence-electron chi connectivity index (χ1n) is 6.12. The van der Waals surface area contributed by atoms with Crippen molar-refractivity contribution in [2.75, 3.05) is 0 Å². The van der Waals surface area contributed by atoms with Crippen LogP contribution in [0.5, 0.6) is 0 Å². The zero-order chi connectivity index (χ0) is 11.7. The van der Waals surface area contributed by atoms with Gasteiger partial charge in [-0.05, 0) is 30.4 Å². The van der Waals surface area contributed by atoms with Crippen LogP contribution < -0.4 is 5.32 Å². The Morgan fingerprint density at radius 2 is 2.00 bits per heavy atom. The molecule has 0 radical (unpaired) electrons. The summed E-state index contributed by atoms with van der Waals surface area (Å²) in [6, 6.07) is 10.5. The van der Waals surface area contributed by atoms with E-state index in [1.807, 2.05) is 18.2 Å². The molecule has 0 aliphatic heterocycles. The third-order valence-electron chi connectivity index (χ3n) is 3.34. The Balaban J connectivity index is 1.80. The van der Waals surface area contributed by atoms with Crippen LogP contribution in [0.4, 0.5) is 0 Å². The van der Waals surface area contributed by atoms with Crippen molar-refractivity contribution in [2.24, 2.45) is 0 Å². The second kappa shape index (κ2) is 4.49. The standard InChI is InChI=1S/C14H15NOS/c16-14(15-11-6-2-3-7-11)13-9-10-5-1-4-8-12(10)17-13/h1,4-5,8-9,11H,2-3,6-7H2,(H,15,16). The molecular formula is C14H15NOS. The average Bonchev–Trinajstić information content (AvgIpc) is 2.96. The van der Waals surface area contributed by atoms with Crippen LogP contribution in [0.2, 0.25) is 0 Å². The van der Waals surface area contributed by atoms with Crippen molar-refractivity contribution in [3.05, 3.63) is 35.2 Å². The second-order valence-electron chi connectivity index (χ2n) is 4.60. The van der Waals surface area contributed by atoms with Gasteiger partial charge in [0.25, 0.3) is 5.91 Å². The van der Waals surface area contributed by atoms with Crippen molar-refractivity contribution < 1.29 is 4.79 Å². The van der Waals surface area contributed by atoms with Gasteiger partial charge in [0.1, 0.15) is 0 Å². The van der Waals surface area contributed by atoms with Gasteiger partial charge in [-0.2, -0.15) is 0 Å². The van der Waals surface area contributed by atoms with Gasteiger partial charge >= 0.3 is 0 Å². The predicted molar refractivity (Wildman–Crippen MR) is 71.5 cm³/mol. The van der Waals surface area contributed by atoms with Crippen LogP contribution >= 0.6 is 11.3 Å². The maximum Gasteiger partial charge on any atom is 0.261 e. The number of carbonyl (C=O) groups is 1. The van der Waals surface area contributed by atoms with Gasteiger partial charge in [0, 0.05) is 10.7 Å². The van der Waals surface area contributed by atoms with Gasteiger partial charge in [-0.25, -0.2) is 0 Å². The molecule has 0 bridgehead atoms. The summed E-state index contributed by atoms with van der Waals surface area (Å²) in [5, 5.41) is 4.29. The fraction of sp³-hybridized carbons (Fsp3) is 0.357. The lowest BCUT2D eigenvalue weighted by atomic mass is 10.2. The van der Waals surface area contributed by atoms with E-state index in [1.54, 1.807) is 11.3 Å². The van der Waals surface area contributed by atoms with E-state index < -0.39 is 0 Å². The molecule has 0 atom stereocenters. The zero-order valence-corrected chi connectivity index (χ0v) is 10.4. The van der Waals surface area contributed by atoms with E-state index in [1.165, 1.54) is 17.5 Å². The Morgan fingerprint density at radius 3 is 2.76 bits per heavy atom. The number of thiophene rings is 1. The monoisotopic (exact) mass is 245 g/mol. The molecule has 0 saturated heterocycles. The van der Waals surface area contributed by atoms with Crippen LogP contribution in [-0.2, 0) is 0 Å². The summed E-state index contributed by atoms with van der Waals surface area (Å²) < 4.78 is 1.18. The van der Waals surface area contributed by atoms with E-state index >= 15 is 0 Å². The normalized spacial score (nSPS) is 16.5. The quantitative estimate of drug-likeness (QED) is 0.861. The summed E-state index contributed by atoms with van der Waals surface area (Å²) >= 11 is 1.58. The van der Waals surface area contributed by atoms with Crippen LogP contribution in [0.15, 0.2) is 30.3 Å². The van der Waals surface area contributed by atoms with Crippen LogP contribution in [0.1, 0.15) is 35.4 Å². The lowest BCUT2D eigenvalue weighted by Crippen LogP contribution is -2.31. The summed E-state index contributed by atoms with van der Waals surface area (Å²) in [5.41, 5.74) is 0. The average molecular weight is 245 g/mol. The van der Waals surface area contributed by atoms with Gasteiger partial charge in [0.05, 0.1) is 4.88 Å². The first kappa shape index (κ1) is 10.8. The molecule has 1 N–H and O–H groups in total. The summed E-state index contributed by atoms with van der Waals surface area (Å²) in [4.78, 5) is 12.9. The van der Waals surface area contributed by atoms with Crippen LogP contribution in [0, 0.1) is 0 Å². The number of carbonyl (C=O) groups excluding carboxylic acids is 1. The fourth-order valence-electron chi connectivity index (χ4n) is 2.42. The van der Waals surface area contributed by atoms with E-state index in [4.69, 9.17) is 0 Å². The Labute approximate surface area is 105 Å². The number of hydrogen-bond donors (Lipinski definition) is 1. The molecule has 0 unspecified atom stereocenters. The molecule has 17 heavy (non-hydrogen) atoms. The maximum atomic E-state index is 12.1. The minimum Gasteiger partial charge on any atom is -0.349 e. The summed E-state index contributed by atoms with van der Waals surface area (Å²) in [5.74, 6) is 0.0955. The Morgan fingerprint density at radius 1 is 1.24 bits per heavy atom. The van der Waals surface area contributed by atoms with E-state index in [0.717, 1.165) is 23.1 Å². The van der Waals surface area contributed by atoms with Crippen molar-refractivity contribution in [1.82, 2.24) is 5.32 Å². The Kier molecular flexibility index (Phi) is 2.85. The molecule has 1 aliphatic carbocycles. The lowest BCUT2D eigenvalue weighted by molar-refractivity contribution is 0.0942. The van der Waals surface area contributed by atoms with Crippen LogP contribution in [0.3, 0.4) is 0 Å². The molecule has 1 heterocycles. The molecule has 1 aromatic heterocycles. The third kappa shape index (κ3) is 2.20. The van der Waals surface area contributed by atoms with Gasteiger partial charge < -0.3 is 5.32 Å². The number of nitrogens with one attached hydrogen (secondary N) is 1. The van der Waals surface area contributed by atoms with Crippen molar-refractivity contribution in [1.29, 1.82) is 0 Å². The number of hydrogen-bond acceptors (Lipinski definition) is 2. The predicted octanol–water partition coefficient (Wildman–Crippen LogP) is 3.57. The molecule has 2 nitrogen and oxygen atoms in total. The highest BCUT2D eigenvalue weighted by Gasteiger charge is 2.18. The second-order valence-corrected chi connectivity index (χ2v) is 5.69.